The van der Waals surface area contributed by atoms with Crippen molar-refractivity contribution in [3.05, 3.63) is 29.0 Å². The molecule has 0 unspecified atom stereocenters. The summed E-state index contributed by atoms with van der Waals surface area (Å²) in [6.07, 6.45) is 7.05. The smallest absolute Gasteiger partial charge is 0.0592 e. The second-order valence-corrected chi connectivity index (χ2v) is 3.05. The molecule has 0 N–H and O–H groups in total. The van der Waals surface area contributed by atoms with Crippen molar-refractivity contribution in [3.63, 3.8) is 0 Å². The highest BCUT2D eigenvalue weighted by Gasteiger charge is 1.93. The lowest BCUT2D eigenvalue weighted by atomic mass is 10.1. The maximum Gasteiger partial charge on any atom is 0.0592 e. The van der Waals surface area contributed by atoms with Gasteiger partial charge in [-0.15, -0.1) is 0 Å². The summed E-state index contributed by atoms with van der Waals surface area (Å²) in [7, 11) is 0. The molecule has 0 aliphatic heterocycles. The zero-order valence-electron chi connectivity index (χ0n) is 6.68. The van der Waals surface area contributed by atoms with E-state index in [1.165, 1.54) is 18.4 Å². The van der Waals surface area contributed by atoms with Crippen LogP contribution in [0.1, 0.15) is 25.3 Å². The summed E-state index contributed by atoms with van der Waals surface area (Å²) >= 11 is 5.76. The molecule has 0 bridgehead atoms. The van der Waals surface area contributed by atoms with Crippen LogP contribution in [0.5, 0.6) is 0 Å². The molecule has 0 aromatic carbocycles. The van der Waals surface area contributed by atoms with E-state index in [9.17, 15) is 0 Å². The van der Waals surface area contributed by atoms with Crippen molar-refractivity contribution < 1.29 is 0 Å². The van der Waals surface area contributed by atoms with Crippen LogP contribution < -0.4 is 0 Å². The number of aryl methyl sites for hydroxylation is 1. The zero-order chi connectivity index (χ0) is 8.10. The monoisotopic (exact) mass is 169 g/mol. The highest BCUT2D eigenvalue weighted by molar-refractivity contribution is 6.30. The predicted molar refractivity (Wildman–Crippen MR) is 47.9 cm³/mol. The van der Waals surface area contributed by atoms with Gasteiger partial charge in [0.05, 0.1) is 5.02 Å². The average Bonchev–Trinajstić information content (AvgIpc) is 2.01. The molecule has 2 heteroatoms. The van der Waals surface area contributed by atoms with E-state index in [0.717, 1.165) is 11.4 Å². The molecule has 0 spiro atoms. The lowest BCUT2D eigenvalue weighted by Crippen LogP contribution is -1.85. The van der Waals surface area contributed by atoms with Crippen LogP contribution in [0.25, 0.3) is 0 Å². The van der Waals surface area contributed by atoms with E-state index in [0.29, 0.717) is 0 Å². The molecule has 1 rings (SSSR count). The molecule has 1 aromatic rings. The normalized spacial score (nSPS) is 10.0. The third-order valence-corrected chi connectivity index (χ3v) is 1.79. The summed E-state index contributed by atoms with van der Waals surface area (Å²) in [5.74, 6) is 0. The highest BCUT2D eigenvalue weighted by atomic mass is 35.5. The van der Waals surface area contributed by atoms with Gasteiger partial charge in [0.25, 0.3) is 0 Å². The minimum absolute atomic E-state index is 0.735. The SMILES string of the molecule is CCCCc1cncc(Cl)c1. The van der Waals surface area contributed by atoms with Crippen LogP contribution in [-0.4, -0.2) is 4.98 Å². The Morgan fingerprint density at radius 1 is 1.45 bits per heavy atom. The van der Waals surface area contributed by atoms with Gasteiger partial charge in [-0.2, -0.15) is 0 Å². The number of rotatable bonds is 3. The van der Waals surface area contributed by atoms with Crippen LogP contribution in [0.3, 0.4) is 0 Å². The number of pyridine rings is 1. The molecular formula is C9H12ClN. The first kappa shape index (κ1) is 8.54. The van der Waals surface area contributed by atoms with Crippen LogP contribution in [0.15, 0.2) is 18.5 Å². The van der Waals surface area contributed by atoms with Crippen molar-refractivity contribution in [2.45, 2.75) is 26.2 Å². The van der Waals surface area contributed by atoms with Crippen LogP contribution in [0, 0.1) is 0 Å². The molecule has 0 atom stereocenters. The number of halogens is 1. The average molecular weight is 170 g/mol. The standard InChI is InChI=1S/C9H12ClN/c1-2-3-4-8-5-9(10)7-11-6-8/h5-7H,2-4H2,1H3. The van der Waals surface area contributed by atoms with Gasteiger partial charge in [0.2, 0.25) is 0 Å². The Morgan fingerprint density at radius 2 is 2.27 bits per heavy atom. The first-order valence-corrected chi connectivity index (χ1v) is 4.30. The fraction of sp³-hybridized carbons (Fsp3) is 0.444. The van der Waals surface area contributed by atoms with Gasteiger partial charge in [0.15, 0.2) is 0 Å². The minimum Gasteiger partial charge on any atom is -0.263 e. The number of hydrogen-bond acceptors (Lipinski definition) is 1. The molecular weight excluding hydrogens is 158 g/mol. The zero-order valence-corrected chi connectivity index (χ0v) is 7.43. The number of nitrogens with zero attached hydrogens (tertiary/aromatic N) is 1. The summed E-state index contributed by atoms with van der Waals surface area (Å²) in [4.78, 5) is 4.01. The molecule has 11 heavy (non-hydrogen) atoms. The fourth-order valence-electron chi connectivity index (χ4n) is 0.973. The van der Waals surface area contributed by atoms with Crippen LogP contribution in [0.2, 0.25) is 5.02 Å². The van der Waals surface area contributed by atoms with Crippen molar-refractivity contribution in [1.82, 2.24) is 4.98 Å². The number of hydrogen-bond donors (Lipinski definition) is 0. The van der Waals surface area contributed by atoms with E-state index in [-0.39, 0.29) is 0 Å². The van der Waals surface area contributed by atoms with E-state index >= 15 is 0 Å². The van der Waals surface area contributed by atoms with Gasteiger partial charge in [0.1, 0.15) is 0 Å². The Kier molecular flexibility index (Phi) is 3.37. The molecule has 0 amide bonds. The van der Waals surface area contributed by atoms with E-state index in [2.05, 4.69) is 11.9 Å². The van der Waals surface area contributed by atoms with Crippen LogP contribution in [0.4, 0.5) is 0 Å². The molecule has 0 radical (unpaired) electrons. The van der Waals surface area contributed by atoms with Gasteiger partial charge in [-0.05, 0) is 24.5 Å². The van der Waals surface area contributed by atoms with E-state index < -0.39 is 0 Å². The minimum atomic E-state index is 0.735. The van der Waals surface area contributed by atoms with Gasteiger partial charge in [-0.1, -0.05) is 24.9 Å². The molecule has 0 saturated carbocycles. The molecule has 0 saturated heterocycles. The Bertz CT molecular complexity index is 223. The van der Waals surface area contributed by atoms with E-state index in [1.54, 1.807) is 6.20 Å². The largest absolute Gasteiger partial charge is 0.263 e. The molecule has 1 aromatic heterocycles. The Morgan fingerprint density at radius 3 is 2.91 bits per heavy atom. The van der Waals surface area contributed by atoms with Gasteiger partial charge < -0.3 is 0 Å². The predicted octanol–water partition coefficient (Wildman–Crippen LogP) is 3.08. The fourth-order valence-corrected chi connectivity index (χ4v) is 1.17. The quantitative estimate of drug-likeness (QED) is 0.678. The lowest BCUT2D eigenvalue weighted by molar-refractivity contribution is 0.792. The van der Waals surface area contributed by atoms with Crippen molar-refractivity contribution in [2.75, 3.05) is 0 Å². The first-order chi connectivity index (χ1) is 5.33. The molecule has 0 fully saturated rings. The highest BCUT2D eigenvalue weighted by Crippen LogP contribution is 2.10. The van der Waals surface area contributed by atoms with Crippen molar-refractivity contribution in [1.29, 1.82) is 0 Å². The molecule has 0 aliphatic carbocycles. The van der Waals surface area contributed by atoms with E-state index in [4.69, 9.17) is 11.6 Å². The topological polar surface area (TPSA) is 12.9 Å². The Labute approximate surface area is 72.4 Å². The third kappa shape index (κ3) is 2.89. The maximum atomic E-state index is 5.76. The summed E-state index contributed by atoms with van der Waals surface area (Å²) in [6.45, 7) is 2.18. The summed E-state index contributed by atoms with van der Waals surface area (Å²) in [5, 5.41) is 0.735. The lowest BCUT2D eigenvalue weighted by Gasteiger charge is -1.97. The van der Waals surface area contributed by atoms with Gasteiger partial charge in [0, 0.05) is 12.4 Å². The summed E-state index contributed by atoms with van der Waals surface area (Å²) in [6, 6.07) is 1.98. The van der Waals surface area contributed by atoms with Gasteiger partial charge >= 0.3 is 0 Å². The van der Waals surface area contributed by atoms with Crippen molar-refractivity contribution in [3.8, 4) is 0 Å². The third-order valence-electron chi connectivity index (χ3n) is 1.58. The second kappa shape index (κ2) is 4.35. The van der Waals surface area contributed by atoms with E-state index in [1.807, 2.05) is 12.3 Å². The van der Waals surface area contributed by atoms with Gasteiger partial charge in [-0.3, -0.25) is 4.98 Å². The summed E-state index contributed by atoms with van der Waals surface area (Å²) in [5.41, 5.74) is 1.24. The molecule has 1 heterocycles. The second-order valence-electron chi connectivity index (χ2n) is 2.61. The molecule has 60 valence electrons. The van der Waals surface area contributed by atoms with Crippen molar-refractivity contribution >= 4 is 11.6 Å². The Balaban J connectivity index is 2.56. The van der Waals surface area contributed by atoms with Crippen LogP contribution in [-0.2, 0) is 6.42 Å². The van der Waals surface area contributed by atoms with Crippen molar-refractivity contribution in [2.24, 2.45) is 0 Å². The maximum absolute atomic E-state index is 5.76. The molecule has 1 nitrogen and oxygen atoms in total. The Hall–Kier alpha value is -0.560. The van der Waals surface area contributed by atoms with Crippen LogP contribution >= 0.6 is 11.6 Å². The first-order valence-electron chi connectivity index (χ1n) is 3.92. The number of aromatic nitrogens is 1. The number of unbranched alkanes of at least 4 members (excludes halogenated alkanes) is 1. The summed E-state index contributed by atoms with van der Waals surface area (Å²) < 4.78 is 0. The van der Waals surface area contributed by atoms with Gasteiger partial charge in [-0.25, -0.2) is 0 Å². The molecule has 0 aliphatic rings.